The van der Waals surface area contributed by atoms with Crippen molar-refractivity contribution in [3.63, 3.8) is 0 Å². The van der Waals surface area contributed by atoms with Crippen LogP contribution in [0.15, 0.2) is 47.3 Å². The fourth-order valence-corrected chi connectivity index (χ4v) is 5.35. The minimum absolute atomic E-state index is 0.0280. The Bertz CT molecular complexity index is 1220. The van der Waals surface area contributed by atoms with Crippen LogP contribution in [0.4, 0.5) is 0 Å². The van der Waals surface area contributed by atoms with E-state index in [0.717, 1.165) is 76.2 Å². The Balaban J connectivity index is 1.28. The molecule has 1 aromatic heterocycles. The maximum atomic E-state index is 13.3. The number of likely N-dealkylation sites (tertiary alicyclic amines) is 1. The van der Waals surface area contributed by atoms with Gasteiger partial charge < -0.3 is 9.64 Å². The molecule has 3 aromatic rings. The number of hydrogen-bond donors (Lipinski definition) is 0. The number of methoxy groups -OCH3 is 1. The van der Waals surface area contributed by atoms with Crippen LogP contribution in [-0.2, 0) is 19.4 Å². The quantitative estimate of drug-likeness (QED) is 0.571. The molecule has 1 saturated heterocycles. The van der Waals surface area contributed by atoms with Crippen LogP contribution in [0.25, 0.3) is 10.9 Å². The number of ether oxygens (including phenoxy) is 1. The van der Waals surface area contributed by atoms with Gasteiger partial charge in [-0.25, -0.2) is 4.98 Å². The summed E-state index contributed by atoms with van der Waals surface area (Å²) in [5.41, 5.74) is 2.62. The lowest BCUT2D eigenvalue weighted by Crippen LogP contribution is -2.39. The summed E-state index contributed by atoms with van der Waals surface area (Å²) in [5, 5.41) is 0.610. The van der Waals surface area contributed by atoms with Crippen LogP contribution in [0.3, 0.4) is 0 Å². The maximum absolute atomic E-state index is 13.3. The van der Waals surface area contributed by atoms with Gasteiger partial charge in [0.15, 0.2) is 0 Å². The fraction of sp³-hybridized carbons (Fsp3) is 0.464. The van der Waals surface area contributed by atoms with E-state index in [4.69, 9.17) is 9.72 Å². The zero-order valence-electron chi connectivity index (χ0n) is 20.0. The second-order valence-corrected chi connectivity index (χ2v) is 9.67. The molecule has 6 nitrogen and oxygen atoms in total. The van der Waals surface area contributed by atoms with Crippen molar-refractivity contribution in [3.8, 4) is 5.75 Å². The van der Waals surface area contributed by atoms with E-state index in [1.165, 1.54) is 12.0 Å². The zero-order chi connectivity index (χ0) is 23.5. The van der Waals surface area contributed by atoms with Crippen molar-refractivity contribution in [2.24, 2.45) is 5.92 Å². The van der Waals surface area contributed by atoms with Gasteiger partial charge in [0.1, 0.15) is 11.6 Å². The fourth-order valence-electron chi connectivity index (χ4n) is 5.35. The minimum Gasteiger partial charge on any atom is -0.497 e. The van der Waals surface area contributed by atoms with E-state index in [-0.39, 0.29) is 11.5 Å². The van der Waals surface area contributed by atoms with Crippen LogP contribution in [0.2, 0.25) is 0 Å². The van der Waals surface area contributed by atoms with E-state index >= 15 is 0 Å². The number of aryl methyl sites for hydroxylation is 1. The third-order valence-electron chi connectivity index (χ3n) is 7.40. The van der Waals surface area contributed by atoms with E-state index in [0.29, 0.717) is 22.4 Å². The molecule has 3 heterocycles. The van der Waals surface area contributed by atoms with Crippen LogP contribution < -0.4 is 10.3 Å². The molecule has 0 atom stereocenters. The Morgan fingerprint density at radius 2 is 1.76 bits per heavy atom. The molecule has 2 aliphatic heterocycles. The second-order valence-electron chi connectivity index (χ2n) is 9.67. The van der Waals surface area contributed by atoms with Gasteiger partial charge in [-0.05, 0) is 73.9 Å². The van der Waals surface area contributed by atoms with Gasteiger partial charge in [-0.15, -0.1) is 0 Å². The number of hydrogen-bond acceptors (Lipinski definition) is 4. The largest absolute Gasteiger partial charge is 0.497 e. The number of carbonyl (C=O) groups is 1. The summed E-state index contributed by atoms with van der Waals surface area (Å²) in [7, 11) is 1.68. The Labute approximate surface area is 200 Å². The summed E-state index contributed by atoms with van der Waals surface area (Å²) in [6.45, 7) is 2.26. The number of fused-ring (bicyclic) bond motifs is 2. The average molecular weight is 460 g/mol. The van der Waals surface area contributed by atoms with Crippen LogP contribution in [0.1, 0.15) is 60.3 Å². The molecule has 0 aliphatic carbocycles. The highest BCUT2D eigenvalue weighted by atomic mass is 16.5. The molecule has 6 heteroatoms. The first-order chi connectivity index (χ1) is 16.6. The third-order valence-corrected chi connectivity index (χ3v) is 7.40. The van der Waals surface area contributed by atoms with Crippen molar-refractivity contribution < 1.29 is 9.53 Å². The molecule has 0 radical (unpaired) electrons. The lowest BCUT2D eigenvalue weighted by Gasteiger charge is -2.32. The first kappa shape index (κ1) is 22.6. The van der Waals surface area contributed by atoms with E-state index in [9.17, 15) is 9.59 Å². The number of rotatable bonds is 4. The van der Waals surface area contributed by atoms with Gasteiger partial charge >= 0.3 is 0 Å². The summed E-state index contributed by atoms with van der Waals surface area (Å²) in [5.74, 6) is 2.36. The predicted octanol–water partition coefficient (Wildman–Crippen LogP) is 4.62. The Morgan fingerprint density at radius 3 is 2.53 bits per heavy atom. The molecule has 178 valence electrons. The van der Waals surface area contributed by atoms with Gasteiger partial charge in [0.25, 0.3) is 11.5 Å². The average Bonchev–Trinajstić information content (AvgIpc) is 2.85. The van der Waals surface area contributed by atoms with Crippen molar-refractivity contribution in [2.45, 2.75) is 57.9 Å². The minimum atomic E-state index is 0.0280. The molecule has 2 aliphatic rings. The van der Waals surface area contributed by atoms with Gasteiger partial charge in [0, 0.05) is 31.6 Å². The highest BCUT2D eigenvalue weighted by molar-refractivity contribution is 5.97. The van der Waals surface area contributed by atoms with E-state index in [2.05, 4.69) is 12.1 Å². The number of aromatic nitrogens is 2. The summed E-state index contributed by atoms with van der Waals surface area (Å²) in [4.78, 5) is 33.1. The maximum Gasteiger partial charge on any atom is 0.261 e. The highest BCUT2D eigenvalue weighted by Crippen LogP contribution is 2.25. The van der Waals surface area contributed by atoms with Crippen molar-refractivity contribution >= 4 is 16.8 Å². The highest BCUT2D eigenvalue weighted by Gasteiger charge is 2.24. The molecule has 2 aromatic carbocycles. The SMILES string of the molecule is COc1ccc(CC2CCN(C(=O)c3ccc4c(=O)n5c(nc4c3)CCCCCC5)CC2)cc1. The molecule has 0 bridgehead atoms. The molecule has 34 heavy (non-hydrogen) atoms. The van der Waals surface area contributed by atoms with Crippen LogP contribution in [0.5, 0.6) is 5.75 Å². The van der Waals surface area contributed by atoms with Gasteiger partial charge in [-0.2, -0.15) is 0 Å². The molecule has 0 N–H and O–H groups in total. The molecule has 0 saturated carbocycles. The number of carbonyl (C=O) groups excluding carboxylic acids is 1. The Kier molecular flexibility index (Phi) is 6.66. The summed E-state index contributed by atoms with van der Waals surface area (Å²) >= 11 is 0. The lowest BCUT2D eigenvalue weighted by atomic mass is 9.90. The predicted molar refractivity (Wildman–Crippen MR) is 134 cm³/mol. The van der Waals surface area contributed by atoms with Gasteiger partial charge in [-0.1, -0.05) is 25.0 Å². The standard InChI is InChI=1S/C28H33N3O3/c1-34-23-10-7-20(8-11-23)18-21-13-16-30(17-14-21)27(32)22-9-12-24-25(19-22)29-26-6-4-2-3-5-15-31(26)28(24)33/h7-12,19,21H,2-6,13-18H2,1H3. The van der Waals surface area contributed by atoms with Crippen molar-refractivity contribution in [1.29, 1.82) is 0 Å². The Morgan fingerprint density at radius 1 is 1.00 bits per heavy atom. The Hall–Kier alpha value is -3.15. The van der Waals surface area contributed by atoms with Crippen molar-refractivity contribution in [1.82, 2.24) is 14.5 Å². The number of nitrogens with zero attached hydrogens (tertiary/aromatic N) is 3. The monoisotopic (exact) mass is 459 g/mol. The molecule has 5 rings (SSSR count). The third kappa shape index (κ3) is 4.72. The summed E-state index contributed by atoms with van der Waals surface area (Å²) < 4.78 is 7.09. The zero-order valence-corrected chi connectivity index (χ0v) is 20.0. The normalized spacial score (nSPS) is 17.1. The smallest absolute Gasteiger partial charge is 0.261 e. The van der Waals surface area contributed by atoms with Gasteiger partial charge in [0.2, 0.25) is 0 Å². The molecular weight excluding hydrogens is 426 g/mol. The summed E-state index contributed by atoms with van der Waals surface area (Å²) in [6.07, 6.45) is 8.27. The van der Waals surface area contributed by atoms with Crippen molar-refractivity contribution in [2.75, 3.05) is 20.2 Å². The van der Waals surface area contributed by atoms with Crippen LogP contribution >= 0.6 is 0 Å². The van der Waals surface area contributed by atoms with Crippen molar-refractivity contribution in [3.05, 3.63) is 69.8 Å². The number of piperidine rings is 1. The molecule has 1 amide bonds. The lowest BCUT2D eigenvalue weighted by molar-refractivity contribution is 0.0690. The topological polar surface area (TPSA) is 64.4 Å². The molecule has 1 fully saturated rings. The van der Waals surface area contributed by atoms with Gasteiger partial charge in [-0.3, -0.25) is 14.2 Å². The first-order valence-corrected chi connectivity index (χ1v) is 12.6. The number of amides is 1. The van der Waals surface area contributed by atoms with Crippen LogP contribution in [0, 0.1) is 5.92 Å². The first-order valence-electron chi connectivity index (χ1n) is 12.6. The van der Waals surface area contributed by atoms with E-state index in [1.807, 2.05) is 27.7 Å². The summed E-state index contributed by atoms with van der Waals surface area (Å²) in [6, 6.07) is 13.7. The van der Waals surface area contributed by atoms with E-state index in [1.54, 1.807) is 19.2 Å². The van der Waals surface area contributed by atoms with Gasteiger partial charge in [0.05, 0.1) is 18.0 Å². The molecule has 0 unspecified atom stereocenters. The molecular formula is C28H33N3O3. The van der Waals surface area contributed by atoms with Crippen LogP contribution in [-0.4, -0.2) is 40.6 Å². The second kappa shape index (κ2) is 10.00. The number of benzene rings is 2. The molecule has 0 spiro atoms. The van der Waals surface area contributed by atoms with E-state index < -0.39 is 0 Å².